The first-order valence-corrected chi connectivity index (χ1v) is 7.85. The largest absolute Gasteiger partial charge is 0.372 e. The molecule has 0 bridgehead atoms. The third kappa shape index (κ3) is 3.61. The summed E-state index contributed by atoms with van der Waals surface area (Å²) in [5, 5.41) is 3.81. The van der Waals surface area contributed by atoms with E-state index in [4.69, 9.17) is 11.6 Å². The molecule has 0 fully saturated rings. The van der Waals surface area contributed by atoms with E-state index in [9.17, 15) is 0 Å². The van der Waals surface area contributed by atoms with Gasteiger partial charge in [0.15, 0.2) is 0 Å². The molecule has 0 radical (unpaired) electrons. The zero-order chi connectivity index (χ0) is 13.8. The molecule has 1 aromatic carbocycles. The second kappa shape index (κ2) is 6.59. The molecule has 0 aliphatic carbocycles. The molecule has 0 spiro atoms. The summed E-state index contributed by atoms with van der Waals surface area (Å²) < 4.78 is 0.904. The quantitative estimate of drug-likeness (QED) is 0.815. The maximum Gasteiger partial charge on any atom is 0.144 e. The van der Waals surface area contributed by atoms with Gasteiger partial charge in [-0.2, -0.15) is 0 Å². The predicted molar refractivity (Wildman–Crippen MR) is 85.0 cm³/mol. The Bertz CT molecular complexity index is 592. The molecule has 0 aliphatic heterocycles. The molecule has 0 amide bonds. The Morgan fingerprint density at radius 1 is 1.32 bits per heavy atom. The van der Waals surface area contributed by atoms with Crippen LogP contribution in [0.25, 0.3) is 0 Å². The lowest BCUT2D eigenvalue weighted by molar-refractivity contribution is 0.985. The van der Waals surface area contributed by atoms with Gasteiger partial charge in [0.25, 0.3) is 0 Å². The molecular weight excluding hydrogens is 346 g/mol. The average Bonchev–Trinajstić information content (AvgIpc) is 2.41. The maximum atomic E-state index is 6.12. The number of benzene rings is 1. The van der Waals surface area contributed by atoms with Gasteiger partial charge in [-0.25, -0.2) is 9.97 Å². The van der Waals surface area contributed by atoms with Gasteiger partial charge in [-0.1, -0.05) is 23.7 Å². The number of nitrogens with zero attached hydrogens (tertiary/aromatic N) is 2. The highest BCUT2D eigenvalue weighted by atomic mass is 79.9. The third-order valence-electron chi connectivity index (χ3n) is 2.49. The van der Waals surface area contributed by atoms with Crippen LogP contribution in [0.4, 0.5) is 5.82 Å². The standard InChI is InChI=1S/C13H13BrClN3S/c1-8-12(14)13(16-2)18-11(17-8)7-19-10-6-4-3-5-9(10)15/h3-6H,7H2,1-2H3,(H,16,17,18). The second-order valence-corrected chi connectivity index (χ2v) is 6.07. The smallest absolute Gasteiger partial charge is 0.144 e. The molecule has 0 atom stereocenters. The summed E-state index contributed by atoms with van der Waals surface area (Å²) in [6.07, 6.45) is 0. The van der Waals surface area contributed by atoms with Crippen molar-refractivity contribution in [2.75, 3.05) is 12.4 Å². The fourth-order valence-corrected chi connectivity index (χ4v) is 3.02. The topological polar surface area (TPSA) is 37.8 Å². The van der Waals surface area contributed by atoms with Crippen LogP contribution in [-0.4, -0.2) is 17.0 Å². The van der Waals surface area contributed by atoms with E-state index in [1.165, 1.54) is 0 Å². The van der Waals surface area contributed by atoms with Crippen molar-refractivity contribution >= 4 is 45.1 Å². The Kier molecular flexibility index (Phi) is 5.07. The molecule has 0 unspecified atom stereocenters. The molecule has 0 saturated carbocycles. The average molecular weight is 359 g/mol. The molecule has 1 heterocycles. The number of halogens is 2. The van der Waals surface area contributed by atoms with E-state index in [0.717, 1.165) is 31.7 Å². The molecule has 2 rings (SSSR count). The summed E-state index contributed by atoms with van der Waals surface area (Å²) in [6, 6.07) is 7.78. The van der Waals surface area contributed by atoms with Crippen molar-refractivity contribution in [1.29, 1.82) is 0 Å². The van der Waals surface area contributed by atoms with Crippen LogP contribution in [-0.2, 0) is 5.75 Å². The summed E-state index contributed by atoms with van der Waals surface area (Å²) in [4.78, 5) is 9.97. The monoisotopic (exact) mass is 357 g/mol. The van der Waals surface area contributed by atoms with Gasteiger partial charge in [0.05, 0.1) is 20.9 Å². The first-order valence-electron chi connectivity index (χ1n) is 5.70. The first kappa shape index (κ1) is 14.6. The SMILES string of the molecule is CNc1nc(CSc2ccccc2Cl)nc(C)c1Br. The summed E-state index contributed by atoms with van der Waals surface area (Å²) in [6.45, 7) is 1.95. The molecule has 19 heavy (non-hydrogen) atoms. The van der Waals surface area contributed by atoms with E-state index in [2.05, 4.69) is 31.2 Å². The fourth-order valence-electron chi connectivity index (χ4n) is 1.55. The van der Waals surface area contributed by atoms with E-state index < -0.39 is 0 Å². The predicted octanol–water partition coefficient (Wildman–Crippen LogP) is 4.53. The molecule has 0 aliphatic rings. The van der Waals surface area contributed by atoms with Crippen molar-refractivity contribution in [3.63, 3.8) is 0 Å². The highest BCUT2D eigenvalue weighted by molar-refractivity contribution is 9.10. The summed E-state index contributed by atoms with van der Waals surface area (Å²) >= 11 is 11.2. The maximum absolute atomic E-state index is 6.12. The van der Waals surface area contributed by atoms with Gasteiger partial charge in [-0.05, 0) is 35.0 Å². The number of rotatable bonds is 4. The van der Waals surface area contributed by atoms with Crippen molar-refractivity contribution in [3.05, 3.63) is 45.3 Å². The number of aromatic nitrogens is 2. The molecule has 1 N–H and O–H groups in total. The summed E-state index contributed by atoms with van der Waals surface area (Å²) in [7, 11) is 1.84. The number of nitrogens with one attached hydrogen (secondary N) is 1. The van der Waals surface area contributed by atoms with Crippen molar-refractivity contribution in [1.82, 2.24) is 9.97 Å². The Balaban J connectivity index is 2.16. The van der Waals surface area contributed by atoms with Crippen LogP contribution in [0.1, 0.15) is 11.5 Å². The minimum atomic E-state index is 0.687. The molecule has 0 saturated heterocycles. The highest BCUT2D eigenvalue weighted by Crippen LogP contribution is 2.30. The second-order valence-electron chi connectivity index (χ2n) is 3.86. The number of anilines is 1. The van der Waals surface area contributed by atoms with E-state index in [-0.39, 0.29) is 0 Å². The Hall–Kier alpha value is -0.780. The number of aryl methyl sites for hydroxylation is 1. The minimum Gasteiger partial charge on any atom is -0.372 e. The van der Waals surface area contributed by atoms with Crippen LogP contribution in [0.15, 0.2) is 33.6 Å². The Morgan fingerprint density at radius 3 is 2.74 bits per heavy atom. The van der Waals surface area contributed by atoms with Crippen molar-refractivity contribution in [2.45, 2.75) is 17.6 Å². The Labute approximate surface area is 130 Å². The lowest BCUT2D eigenvalue weighted by Crippen LogP contribution is -2.02. The number of hydrogen-bond donors (Lipinski definition) is 1. The van der Waals surface area contributed by atoms with Crippen molar-refractivity contribution < 1.29 is 0 Å². The van der Waals surface area contributed by atoms with Crippen LogP contribution < -0.4 is 5.32 Å². The van der Waals surface area contributed by atoms with E-state index in [1.807, 2.05) is 38.2 Å². The zero-order valence-corrected chi connectivity index (χ0v) is 13.7. The van der Waals surface area contributed by atoms with Gasteiger partial charge >= 0.3 is 0 Å². The third-order valence-corrected chi connectivity index (χ3v) is 4.95. The van der Waals surface area contributed by atoms with Crippen molar-refractivity contribution in [2.24, 2.45) is 0 Å². The van der Waals surface area contributed by atoms with Gasteiger partial charge in [0.2, 0.25) is 0 Å². The molecule has 3 nitrogen and oxygen atoms in total. The lowest BCUT2D eigenvalue weighted by Gasteiger charge is -2.08. The zero-order valence-electron chi connectivity index (χ0n) is 10.6. The van der Waals surface area contributed by atoms with Crippen LogP contribution in [0.2, 0.25) is 5.02 Å². The molecular formula is C13H13BrClN3S. The van der Waals surface area contributed by atoms with Crippen LogP contribution in [0.5, 0.6) is 0 Å². The minimum absolute atomic E-state index is 0.687. The first-order chi connectivity index (χ1) is 9.11. The molecule has 2 aromatic rings. The number of hydrogen-bond acceptors (Lipinski definition) is 4. The van der Waals surface area contributed by atoms with Crippen molar-refractivity contribution in [3.8, 4) is 0 Å². The highest BCUT2D eigenvalue weighted by Gasteiger charge is 2.09. The van der Waals surface area contributed by atoms with Gasteiger partial charge < -0.3 is 5.32 Å². The summed E-state index contributed by atoms with van der Waals surface area (Å²) in [5.41, 5.74) is 0.925. The molecule has 100 valence electrons. The van der Waals surface area contributed by atoms with Crippen LogP contribution in [0.3, 0.4) is 0 Å². The molecule has 6 heteroatoms. The number of thioether (sulfide) groups is 1. The van der Waals surface area contributed by atoms with Crippen LogP contribution >= 0.6 is 39.3 Å². The van der Waals surface area contributed by atoms with Gasteiger partial charge in [-0.15, -0.1) is 11.8 Å². The summed E-state index contributed by atoms with van der Waals surface area (Å²) in [5.74, 6) is 2.28. The van der Waals surface area contributed by atoms with Crippen LogP contribution in [0, 0.1) is 6.92 Å². The normalized spacial score (nSPS) is 10.5. The van der Waals surface area contributed by atoms with E-state index in [0.29, 0.717) is 5.75 Å². The fraction of sp³-hybridized carbons (Fsp3) is 0.231. The van der Waals surface area contributed by atoms with Gasteiger partial charge in [0, 0.05) is 11.9 Å². The van der Waals surface area contributed by atoms with Gasteiger partial charge in [-0.3, -0.25) is 0 Å². The van der Waals surface area contributed by atoms with E-state index >= 15 is 0 Å². The lowest BCUT2D eigenvalue weighted by atomic mass is 10.4. The van der Waals surface area contributed by atoms with Gasteiger partial charge in [0.1, 0.15) is 11.6 Å². The van der Waals surface area contributed by atoms with E-state index in [1.54, 1.807) is 11.8 Å². The molecule has 1 aromatic heterocycles. The Morgan fingerprint density at radius 2 is 2.05 bits per heavy atom.